The van der Waals surface area contributed by atoms with E-state index in [4.69, 9.17) is 44.3 Å². The average molecular weight is 482 g/mol. The molecule has 2 aromatic carbocycles. The number of hydrogen-bond donors (Lipinski definition) is 1. The number of aliphatic hydroxyl groups excluding tert-OH is 1. The number of hydrogen-bond acceptors (Lipinski definition) is 7. The van der Waals surface area contributed by atoms with Crippen molar-refractivity contribution in [1.82, 2.24) is 9.97 Å². The Morgan fingerprint density at radius 3 is 2.32 bits per heavy atom. The Labute approximate surface area is 194 Å². The van der Waals surface area contributed by atoms with Crippen LogP contribution in [0.4, 0.5) is 11.5 Å². The lowest BCUT2D eigenvalue weighted by molar-refractivity contribution is 0.152. The third-order valence-electron chi connectivity index (χ3n) is 5.02. The van der Waals surface area contributed by atoms with Gasteiger partial charge in [-0.1, -0.05) is 53.5 Å². The molecule has 0 spiro atoms. The largest absolute Gasteiger partial charge is 0.495 e. The molecule has 2 heterocycles. The first-order valence-corrected chi connectivity index (χ1v) is 10.4. The molecule has 1 aromatic heterocycles. The smallest absolute Gasteiger partial charge is 0.224 e. The van der Waals surface area contributed by atoms with Crippen molar-refractivity contribution in [2.75, 3.05) is 24.0 Å². The molecule has 1 atom stereocenters. The molecule has 0 aliphatic carbocycles. The van der Waals surface area contributed by atoms with E-state index in [0.717, 1.165) is 11.1 Å². The summed E-state index contributed by atoms with van der Waals surface area (Å²) < 4.78 is 10.8. The molecule has 0 saturated carbocycles. The van der Waals surface area contributed by atoms with Crippen LogP contribution >= 0.6 is 34.8 Å². The third kappa shape index (κ3) is 4.06. The number of methoxy groups -OCH3 is 2. The van der Waals surface area contributed by atoms with Crippen molar-refractivity contribution in [3.63, 3.8) is 0 Å². The Balaban J connectivity index is 1.85. The Morgan fingerprint density at radius 1 is 1.06 bits per heavy atom. The Morgan fingerprint density at radius 2 is 1.71 bits per heavy atom. The molecule has 10 heteroatoms. The molecule has 3 aromatic rings. The SMILES string of the molecule is COc1cc(OC)c(Cl)c(N2Cc3cnc(Cl)nc3N(Cc3ccccc3)C2O)c1Cl. The maximum absolute atomic E-state index is 11.4. The fourth-order valence-corrected chi connectivity index (χ4v) is 4.38. The minimum Gasteiger partial charge on any atom is -0.495 e. The van der Waals surface area contributed by atoms with Gasteiger partial charge in [0, 0.05) is 24.4 Å². The summed E-state index contributed by atoms with van der Waals surface area (Å²) in [6.45, 7) is 0.615. The zero-order valence-electron chi connectivity index (χ0n) is 16.7. The number of ether oxygens (including phenoxy) is 2. The van der Waals surface area contributed by atoms with Gasteiger partial charge in [0.15, 0.2) is 0 Å². The lowest BCUT2D eigenvalue weighted by Gasteiger charge is -2.43. The first-order valence-electron chi connectivity index (χ1n) is 9.31. The fraction of sp³-hybridized carbons (Fsp3) is 0.238. The van der Waals surface area contributed by atoms with Gasteiger partial charge in [-0.2, -0.15) is 0 Å². The number of halogens is 3. The van der Waals surface area contributed by atoms with Crippen LogP contribution in [0.2, 0.25) is 15.3 Å². The van der Waals surface area contributed by atoms with Gasteiger partial charge in [-0.15, -0.1) is 0 Å². The normalized spacial score (nSPS) is 15.6. The maximum Gasteiger partial charge on any atom is 0.224 e. The Bertz CT molecular complexity index is 1070. The van der Waals surface area contributed by atoms with Crippen LogP contribution in [-0.2, 0) is 13.1 Å². The Hall–Kier alpha value is -2.45. The highest BCUT2D eigenvalue weighted by Crippen LogP contribution is 2.48. The summed E-state index contributed by atoms with van der Waals surface area (Å²) in [5.41, 5.74) is 2.11. The highest BCUT2D eigenvalue weighted by molar-refractivity contribution is 6.41. The van der Waals surface area contributed by atoms with Crippen molar-refractivity contribution >= 4 is 46.3 Å². The number of benzene rings is 2. The molecule has 7 nitrogen and oxygen atoms in total. The zero-order chi connectivity index (χ0) is 22.1. The quantitative estimate of drug-likeness (QED) is 0.527. The molecule has 0 amide bonds. The second-order valence-corrected chi connectivity index (χ2v) is 7.93. The average Bonchev–Trinajstić information content (AvgIpc) is 2.77. The van der Waals surface area contributed by atoms with E-state index in [0.29, 0.717) is 29.5 Å². The topological polar surface area (TPSA) is 71.0 Å². The molecular weight excluding hydrogens is 463 g/mol. The van der Waals surface area contributed by atoms with Gasteiger partial charge in [0.2, 0.25) is 11.6 Å². The molecule has 1 aliphatic rings. The van der Waals surface area contributed by atoms with Crippen LogP contribution in [0.5, 0.6) is 11.5 Å². The lowest BCUT2D eigenvalue weighted by Crippen LogP contribution is -2.52. The van der Waals surface area contributed by atoms with Gasteiger partial charge < -0.3 is 24.4 Å². The van der Waals surface area contributed by atoms with Crippen molar-refractivity contribution < 1.29 is 14.6 Å². The number of nitrogens with zero attached hydrogens (tertiary/aromatic N) is 4. The maximum atomic E-state index is 11.4. The van der Waals surface area contributed by atoms with Gasteiger partial charge in [-0.3, -0.25) is 0 Å². The molecular formula is C21H19Cl3N4O3. The molecule has 0 fully saturated rings. The number of anilines is 2. The van der Waals surface area contributed by atoms with Crippen LogP contribution in [0.3, 0.4) is 0 Å². The molecule has 1 aliphatic heterocycles. The predicted octanol–water partition coefficient (Wildman–Crippen LogP) is 4.76. The second kappa shape index (κ2) is 8.96. The van der Waals surface area contributed by atoms with Crippen molar-refractivity contribution in [2.24, 2.45) is 0 Å². The monoisotopic (exact) mass is 480 g/mol. The summed E-state index contributed by atoms with van der Waals surface area (Å²) in [7, 11) is 3.00. The Kier molecular flexibility index (Phi) is 6.29. The molecule has 1 unspecified atom stereocenters. The molecule has 4 rings (SSSR count). The minimum atomic E-state index is -1.15. The second-order valence-electron chi connectivity index (χ2n) is 6.83. The van der Waals surface area contributed by atoms with E-state index in [9.17, 15) is 5.11 Å². The standard InChI is InChI=1S/C21H19Cl3N4O3/c1-30-14-8-15(31-2)17(23)18(16(14)22)27-11-13-9-25-20(24)26-19(13)28(21(27)29)10-12-6-4-3-5-7-12/h3-9,21,29H,10-11H2,1-2H3. The molecule has 0 bridgehead atoms. The molecule has 0 saturated heterocycles. The van der Waals surface area contributed by atoms with E-state index in [1.165, 1.54) is 14.2 Å². The first kappa shape index (κ1) is 21.8. The van der Waals surface area contributed by atoms with E-state index >= 15 is 0 Å². The van der Waals surface area contributed by atoms with E-state index in [1.807, 2.05) is 30.3 Å². The van der Waals surface area contributed by atoms with Crippen molar-refractivity contribution in [3.05, 3.63) is 69.1 Å². The van der Waals surface area contributed by atoms with E-state index in [1.54, 1.807) is 22.1 Å². The number of fused-ring (bicyclic) bond motifs is 1. The summed E-state index contributed by atoms with van der Waals surface area (Å²) in [5, 5.41) is 12.0. The van der Waals surface area contributed by atoms with Crippen LogP contribution in [0, 0.1) is 0 Å². The summed E-state index contributed by atoms with van der Waals surface area (Å²) >= 11 is 19.3. The summed E-state index contributed by atoms with van der Waals surface area (Å²) in [4.78, 5) is 11.8. The summed E-state index contributed by atoms with van der Waals surface area (Å²) in [6, 6.07) is 11.3. The van der Waals surface area contributed by atoms with E-state index in [-0.39, 0.29) is 21.9 Å². The number of rotatable bonds is 5. The molecule has 1 N–H and O–H groups in total. The van der Waals surface area contributed by atoms with Gasteiger partial charge in [0.1, 0.15) is 27.4 Å². The third-order valence-corrected chi connectivity index (χ3v) is 5.93. The van der Waals surface area contributed by atoms with E-state index in [2.05, 4.69) is 9.97 Å². The summed E-state index contributed by atoms with van der Waals surface area (Å²) in [6.07, 6.45) is 0.478. The van der Waals surface area contributed by atoms with Crippen LogP contribution in [0.25, 0.3) is 0 Å². The number of aliphatic hydroxyl groups is 1. The van der Waals surface area contributed by atoms with Gasteiger partial charge in [-0.05, 0) is 17.2 Å². The summed E-state index contributed by atoms with van der Waals surface area (Å²) in [5.74, 6) is 1.28. The fourth-order valence-electron chi connectivity index (χ4n) is 3.54. The zero-order valence-corrected chi connectivity index (χ0v) is 19.0. The van der Waals surface area contributed by atoms with Crippen molar-refractivity contribution in [1.29, 1.82) is 0 Å². The molecule has 162 valence electrons. The van der Waals surface area contributed by atoms with Crippen LogP contribution in [0.15, 0.2) is 42.6 Å². The first-order chi connectivity index (χ1) is 14.9. The predicted molar refractivity (Wildman–Crippen MR) is 121 cm³/mol. The highest BCUT2D eigenvalue weighted by atomic mass is 35.5. The van der Waals surface area contributed by atoms with Gasteiger partial charge in [0.05, 0.1) is 26.5 Å². The van der Waals surface area contributed by atoms with E-state index < -0.39 is 6.35 Å². The minimum absolute atomic E-state index is 0.0941. The molecule has 31 heavy (non-hydrogen) atoms. The molecule has 0 radical (unpaired) electrons. The van der Waals surface area contributed by atoms with Crippen LogP contribution < -0.4 is 19.3 Å². The number of aromatic nitrogens is 2. The van der Waals surface area contributed by atoms with Gasteiger partial charge in [0.25, 0.3) is 0 Å². The van der Waals surface area contributed by atoms with Crippen molar-refractivity contribution in [3.8, 4) is 11.5 Å². The highest BCUT2D eigenvalue weighted by Gasteiger charge is 2.36. The lowest BCUT2D eigenvalue weighted by atomic mass is 10.1. The van der Waals surface area contributed by atoms with Crippen LogP contribution in [-0.4, -0.2) is 35.6 Å². The van der Waals surface area contributed by atoms with Crippen LogP contribution in [0.1, 0.15) is 11.1 Å². The van der Waals surface area contributed by atoms with Gasteiger partial charge >= 0.3 is 0 Å². The van der Waals surface area contributed by atoms with Crippen molar-refractivity contribution in [2.45, 2.75) is 19.4 Å². The van der Waals surface area contributed by atoms with Gasteiger partial charge in [-0.25, -0.2) is 9.97 Å².